The van der Waals surface area contributed by atoms with E-state index in [1.807, 2.05) is 13.8 Å². The van der Waals surface area contributed by atoms with E-state index in [0.29, 0.717) is 12.0 Å². The molecule has 0 heterocycles. The van der Waals surface area contributed by atoms with Gasteiger partial charge in [-0.2, -0.15) is 0 Å². The molecule has 132 valence electrons. The lowest BCUT2D eigenvalue weighted by Crippen LogP contribution is -2.11. The molecule has 0 aliphatic carbocycles. The van der Waals surface area contributed by atoms with Crippen LogP contribution in [0.15, 0.2) is 12.1 Å². The molecule has 9 heteroatoms. The van der Waals surface area contributed by atoms with E-state index < -0.39 is 21.7 Å². The number of hydrogen-bond donors (Lipinski definition) is 0. The number of benzene rings is 1. The van der Waals surface area contributed by atoms with Gasteiger partial charge in [-0.25, -0.2) is 4.79 Å². The normalized spacial score (nSPS) is 11.6. The van der Waals surface area contributed by atoms with Crippen LogP contribution in [0.25, 0.3) is 0 Å². The average molecular weight is 340 g/mol. The molecule has 0 radical (unpaired) electrons. The second kappa shape index (κ2) is 8.80. The van der Waals surface area contributed by atoms with Crippen LogP contribution in [0.3, 0.4) is 0 Å². The van der Waals surface area contributed by atoms with Crippen molar-refractivity contribution in [2.75, 3.05) is 6.61 Å². The highest BCUT2D eigenvalue weighted by atomic mass is 16.7. The van der Waals surface area contributed by atoms with Crippen molar-refractivity contribution < 1.29 is 24.1 Å². The molecule has 24 heavy (non-hydrogen) atoms. The minimum atomic E-state index is -0.945. The topological polar surface area (TPSA) is 122 Å². The highest BCUT2D eigenvalue weighted by Crippen LogP contribution is 2.35. The van der Waals surface area contributed by atoms with Crippen molar-refractivity contribution in [1.29, 1.82) is 0 Å². The third-order valence-corrected chi connectivity index (χ3v) is 3.50. The van der Waals surface area contributed by atoms with Gasteiger partial charge in [0, 0.05) is 6.07 Å². The van der Waals surface area contributed by atoms with Crippen LogP contribution in [-0.2, 0) is 16.1 Å². The maximum absolute atomic E-state index is 11.4. The summed E-state index contributed by atoms with van der Waals surface area (Å²) in [5, 5.41) is 22.4. The molecule has 0 saturated heterocycles. The first-order valence-electron chi connectivity index (χ1n) is 7.56. The van der Waals surface area contributed by atoms with Gasteiger partial charge in [-0.05, 0) is 24.8 Å². The third kappa shape index (κ3) is 4.90. The van der Waals surface area contributed by atoms with Gasteiger partial charge in [-0.1, -0.05) is 20.3 Å². The molecular weight excluding hydrogens is 320 g/mol. The zero-order valence-electron chi connectivity index (χ0n) is 13.8. The smallest absolute Gasteiger partial charge is 0.435 e. The fourth-order valence-corrected chi connectivity index (χ4v) is 2.41. The SMILES string of the molecule is CCCC(C)c1cc([N+](=O)[O-])cc([N+](=O)[O-])c1COC(=O)OCC. The number of carbonyl (C=O) groups is 1. The van der Waals surface area contributed by atoms with Crippen LogP contribution in [0.1, 0.15) is 50.7 Å². The zero-order valence-corrected chi connectivity index (χ0v) is 13.8. The summed E-state index contributed by atoms with van der Waals surface area (Å²) in [6, 6.07) is 2.18. The summed E-state index contributed by atoms with van der Waals surface area (Å²) in [6.07, 6.45) is 0.542. The maximum Gasteiger partial charge on any atom is 0.508 e. The minimum absolute atomic E-state index is 0.111. The zero-order chi connectivity index (χ0) is 18.3. The summed E-state index contributed by atoms with van der Waals surface area (Å²) in [5.41, 5.74) is -0.215. The van der Waals surface area contributed by atoms with E-state index in [1.54, 1.807) is 6.92 Å². The van der Waals surface area contributed by atoms with Crippen LogP contribution in [0.4, 0.5) is 16.2 Å². The first kappa shape index (κ1) is 19.3. The molecule has 0 aliphatic heterocycles. The van der Waals surface area contributed by atoms with Crippen molar-refractivity contribution >= 4 is 17.5 Å². The summed E-state index contributed by atoms with van der Waals surface area (Å²) >= 11 is 0. The Morgan fingerprint density at radius 3 is 2.33 bits per heavy atom. The molecule has 0 spiro atoms. The van der Waals surface area contributed by atoms with Crippen LogP contribution in [-0.4, -0.2) is 22.6 Å². The molecule has 1 unspecified atom stereocenters. The lowest BCUT2D eigenvalue weighted by Gasteiger charge is -2.16. The molecule has 9 nitrogen and oxygen atoms in total. The number of nitro groups is 2. The minimum Gasteiger partial charge on any atom is -0.435 e. The van der Waals surface area contributed by atoms with Gasteiger partial charge in [0.1, 0.15) is 6.61 Å². The fraction of sp³-hybridized carbons (Fsp3) is 0.533. The summed E-state index contributed by atoms with van der Waals surface area (Å²) < 4.78 is 9.53. The van der Waals surface area contributed by atoms with Crippen molar-refractivity contribution in [1.82, 2.24) is 0 Å². The van der Waals surface area contributed by atoms with Crippen LogP contribution in [0, 0.1) is 20.2 Å². The Morgan fingerprint density at radius 1 is 1.17 bits per heavy atom. The largest absolute Gasteiger partial charge is 0.508 e. The summed E-state index contributed by atoms with van der Waals surface area (Å²) in [4.78, 5) is 32.3. The number of nitro benzene ring substituents is 2. The van der Waals surface area contributed by atoms with Crippen molar-refractivity contribution in [2.45, 2.75) is 46.1 Å². The predicted octanol–water partition coefficient (Wildman–Crippen LogP) is 4.08. The second-order valence-electron chi connectivity index (χ2n) is 5.21. The fourth-order valence-electron chi connectivity index (χ4n) is 2.41. The van der Waals surface area contributed by atoms with Gasteiger partial charge in [0.05, 0.1) is 28.1 Å². The number of carbonyl (C=O) groups excluding carboxylic acids is 1. The Kier molecular flexibility index (Phi) is 7.09. The molecule has 0 aromatic heterocycles. The van der Waals surface area contributed by atoms with E-state index >= 15 is 0 Å². The lowest BCUT2D eigenvalue weighted by atomic mass is 9.91. The van der Waals surface area contributed by atoms with Gasteiger partial charge in [0.2, 0.25) is 0 Å². The van der Waals surface area contributed by atoms with Gasteiger partial charge in [0.15, 0.2) is 0 Å². The molecule has 0 saturated carbocycles. The first-order chi connectivity index (χ1) is 11.3. The average Bonchev–Trinajstić information content (AvgIpc) is 2.52. The van der Waals surface area contributed by atoms with Gasteiger partial charge in [-0.3, -0.25) is 20.2 Å². The summed E-state index contributed by atoms with van der Waals surface area (Å²) in [6.45, 7) is 5.10. The van der Waals surface area contributed by atoms with E-state index in [2.05, 4.69) is 4.74 Å². The Balaban J connectivity index is 3.35. The van der Waals surface area contributed by atoms with E-state index in [4.69, 9.17) is 4.74 Å². The van der Waals surface area contributed by atoms with Crippen molar-refractivity contribution in [2.24, 2.45) is 0 Å². The Hall–Kier alpha value is -2.71. The Labute approximate surface area is 138 Å². The van der Waals surface area contributed by atoms with Crippen LogP contribution in [0.2, 0.25) is 0 Å². The molecule has 1 aromatic rings. The highest BCUT2D eigenvalue weighted by molar-refractivity contribution is 5.61. The van der Waals surface area contributed by atoms with Gasteiger partial charge < -0.3 is 9.47 Å². The van der Waals surface area contributed by atoms with Crippen LogP contribution >= 0.6 is 0 Å². The Bertz CT molecular complexity index is 630. The molecule has 0 bridgehead atoms. The van der Waals surface area contributed by atoms with Crippen molar-refractivity contribution in [3.8, 4) is 0 Å². The molecule has 0 N–H and O–H groups in total. The van der Waals surface area contributed by atoms with Gasteiger partial charge in [0.25, 0.3) is 11.4 Å². The predicted molar refractivity (Wildman–Crippen MR) is 84.9 cm³/mol. The lowest BCUT2D eigenvalue weighted by molar-refractivity contribution is -0.394. The maximum atomic E-state index is 11.4. The van der Waals surface area contributed by atoms with Crippen LogP contribution < -0.4 is 0 Å². The number of nitrogens with zero attached hydrogens (tertiary/aromatic N) is 2. The molecule has 1 rings (SSSR count). The Morgan fingerprint density at radius 2 is 1.83 bits per heavy atom. The van der Waals surface area contributed by atoms with Crippen molar-refractivity contribution in [3.05, 3.63) is 43.5 Å². The van der Waals surface area contributed by atoms with E-state index in [9.17, 15) is 25.0 Å². The summed E-state index contributed by atoms with van der Waals surface area (Å²) in [5.74, 6) is -0.158. The van der Waals surface area contributed by atoms with E-state index in [-0.39, 0.29) is 30.4 Å². The second-order valence-corrected chi connectivity index (χ2v) is 5.21. The molecular formula is C15H20N2O7. The quantitative estimate of drug-likeness (QED) is 0.397. The first-order valence-corrected chi connectivity index (χ1v) is 7.56. The number of rotatable bonds is 8. The monoisotopic (exact) mass is 340 g/mol. The third-order valence-electron chi connectivity index (χ3n) is 3.50. The van der Waals surface area contributed by atoms with Gasteiger partial charge in [-0.15, -0.1) is 0 Å². The molecule has 0 amide bonds. The summed E-state index contributed by atoms with van der Waals surface area (Å²) in [7, 11) is 0. The highest BCUT2D eigenvalue weighted by Gasteiger charge is 2.27. The molecule has 0 aliphatic rings. The number of ether oxygens (including phenoxy) is 2. The standard InChI is InChI=1S/C15H20N2O7/c1-4-6-10(3)12-7-11(16(19)20)8-14(17(21)22)13(12)9-24-15(18)23-5-2/h7-8,10H,4-6,9H2,1-3H3. The van der Waals surface area contributed by atoms with E-state index in [0.717, 1.165) is 12.5 Å². The van der Waals surface area contributed by atoms with E-state index in [1.165, 1.54) is 6.07 Å². The number of hydrogen-bond acceptors (Lipinski definition) is 7. The van der Waals surface area contributed by atoms with Crippen molar-refractivity contribution in [3.63, 3.8) is 0 Å². The molecule has 1 aromatic carbocycles. The molecule has 0 fully saturated rings. The van der Waals surface area contributed by atoms with Crippen LogP contribution in [0.5, 0.6) is 0 Å². The van der Waals surface area contributed by atoms with Gasteiger partial charge >= 0.3 is 6.16 Å². The molecule has 1 atom stereocenters. The number of non-ortho nitro benzene ring substituents is 1.